The van der Waals surface area contributed by atoms with E-state index in [1.165, 1.54) is 30.0 Å². The Labute approximate surface area is 200 Å². The van der Waals surface area contributed by atoms with Crippen LogP contribution >= 0.6 is 11.8 Å². The summed E-state index contributed by atoms with van der Waals surface area (Å²) in [6.07, 6.45) is -4.80. The number of nitrogens with one attached hydrogen (secondary N) is 3. The number of para-hydroxylation sites is 1. The van der Waals surface area contributed by atoms with Crippen LogP contribution in [0.2, 0.25) is 0 Å². The lowest BCUT2D eigenvalue weighted by molar-refractivity contribution is -0.137. The summed E-state index contributed by atoms with van der Waals surface area (Å²) in [5.41, 5.74) is -0.603. The van der Waals surface area contributed by atoms with Gasteiger partial charge in [-0.3, -0.25) is 9.59 Å². The maximum absolute atomic E-state index is 13.8. The third-order valence-corrected chi connectivity index (χ3v) is 7.20. The number of halogens is 3. The molecule has 11 heteroatoms. The predicted molar refractivity (Wildman–Crippen MR) is 126 cm³/mol. The van der Waals surface area contributed by atoms with Gasteiger partial charge in [0.25, 0.3) is 5.91 Å². The molecule has 0 radical (unpaired) electrons. The second-order valence-electron chi connectivity index (χ2n) is 7.36. The highest BCUT2D eigenvalue weighted by molar-refractivity contribution is 8.01. The van der Waals surface area contributed by atoms with Crippen LogP contribution in [0, 0.1) is 0 Å². The largest absolute Gasteiger partial charge is 0.588 e. The van der Waals surface area contributed by atoms with Gasteiger partial charge in [-0.1, -0.05) is 18.2 Å². The first-order chi connectivity index (χ1) is 16.1. The Morgan fingerprint density at radius 2 is 1.82 bits per heavy atom. The van der Waals surface area contributed by atoms with Gasteiger partial charge in [0.1, 0.15) is 11.4 Å². The van der Waals surface area contributed by atoms with Crippen LogP contribution in [0.25, 0.3) is 0 Å². The summed E-state index contributed by atoms with van der Waals surface area (Å²) in [6.45, 7) is 1.74. The summed E-state index contributed by atoms with van der Waals surface area (Å²) in [5, 5.41) is 4.67. The number of fused-ring (bicyclic) bond motifs is 1. The molecule has 0 aliphatic carbocycles. The molecule has 1 aliphatic rings. The van der Waals surface area contributed by atoms with Gasteiger partial charge in [0.2, 0.25) is 5.91 Å². The van der Waals surface area contributed by atoms with E-state index in [4.69, 9.17) is 0 Å². The van der Waals surface area contributed by atoms with Crippen LogP contribution in [-0.4, -0.2) is 21.6 Å². The molecule has 176 valence electrons. The summed E-state index contributed by atoms with van der Waals surface area (Å²) in [4.78, 5) is 25.3. The second-order valence-corrected chi connectivity index (χ2v) is 9.95. The van der Waals surface area contributed by atoms with E-state index in [9.17, 15) is 27.3 Å². The molecule has 1 aliphatic heterocycles. The zero-order chi connectivity index (χ0) is 24.5. The SMILES string of the molecule is CC1Sc2ccc(C(=O)Nc3ccc([S+]([O-])Nc4ccccc4)cc3C(F)(F)F)cc2NC1=O. The Hall–Kier alpha value is -3.15. The minimum absolute atomic E-state index is 0.0840. The number of benzene rings is 3. The van der Waals surface area contributed by atoms with Crippen molar-refractivity contribution in [2.24, 2.45) is 0 Å². The molecule has 1 heterocycles. The van der Waals surface area contributed by atoms with Crippen molar-refractivity contribution in [1.82, 2.24) is 0 Å². The zero-order valence-electron chi connectivity index (χ0n) is 17.6. The zero-order valence-corrected chi connectivity index (χ0v) is 19.2. The Morgan fingerprint density at radius 3 is 2.53 bits per heavy atom. The monoisotopic (exact) mass is 505 g/mol. The predicted octanol–water partition coefficient (Wildman–Crippen LogP) is 5.53. The van der Waals surface area contributed by atoms with Crippen LogP contribution in [0.15, 0.2) is 76.5 Å². The first-order valence-corrected chi connectivity index (χ1v) is 12.0. The van der Waals surface area contributed by atoms with E-state index in [1.807, 2.05) is 0 Å². The van der Waals surface area contributed by atoms with Gasteiger partial charge in [0, 0.05) is 16.5 Å². The molecule has 2 amide bonds. The number of thioether (sulfide) groups is 1. The highest BCUT2D eigenvalue weighted by atomic mass is 32.2. The number of hydrogen-bond donors (Lipinski definition) is 3. The van der Waals surface area contributed by atoms with Crippen molar-refractivity contribution < 1.29 is 27.3 Å². The van der Waals surface area contributed by atoms with Crippen LogP contribution in [-0.2, 0) is 22.3 Å². The molecular formula is C23H18F3N3O3S2. The average Bonchev–Trinajstić information content (AvgIpc) is 2.79. The van der Waals surface area contributed by atoms with Crippen LogP contribution < -0.4 is 15.4 Å². The molecule has 6 nitrogen and oxygen atoms in total. The molecule has 3 N–H and O–H groups in total. The van der Waals surface area contributed by atoms with Gasteiger partial charge in [0.15, 0.2) is 4.90 Å². The lowest BCUT2D eigenvalue weighted by atomic mass is 10.1. The summed E-state index contributed by atoms with van der Waals surface area (Å²) in [6, 6.07) is 16.0. The fourth-order valence-corrected chi connectivity index (χ4v) is 5.01. The van der Waals surface area contributed by atoms with E-state index in [2.05, 4.69) is 15.4 Å². The summed E-state index contributed by atoms with van der Waals surface area (Å²) >= 11 is -0.622. The highest BCUT2D eigenvalue weighted by Crippen LogP contribution is 2.38. The fourth-order valence-electron chi connectivity index (χ4n) is 3.20. The van der Waals surface area contributed by atoms with Gasteiger partial charge in [-0.2, -0.15) is 13.2 Å². The summed E-state index contributed by atoms with van der Waals surface area (Å²) in [7, 11) is 0. The van der Waals surface area contributed by atoms with Gasteiger partial charge < -0.3 is 15.2 Å². The fraction of sp³-hybridized carbons (Fsp3) is 0.130. The minimum Gasteiger partial charge on any atom is -0.588 e. The quantitative estimate of drug-likeness (QED) is 0.397. The number of carbonyl (C=O) groups excluding carboxylic acids is 2. The molecule has 3 aromatic rings. The molecule has 3 aromatic carbocycles. The molecular weight excluding hydrogens is 487 g/mol. The van der Waals surface area contributed by atoms with E-state index in [0.29, 0.717) is 11.4 Å². The van der Waals surface area contributed by atoms with Crippen molar-refractivity contribution in [2.45, 2.75) is 28.1 Å². The molecule has 0 aromatic heterocycles. The first kappa shape index (κ1) is 24.0. The Balaban J connectivity index is 1.57. The Kier molecular flexibility index (Phi) is 6.78. The van der Waals surface area contributed by atoms with Crippen LogP contribution in [0.1, 0.15) is 22.8 Å². The Bertz CT molecular complexity index is 1240. The van der Waals surface area contributed by atoms with E-state index in [0.717, 1.165) is 17.0 Å². The van der Waals surface area contributed by atoms with Crippen LogP contribution in [0.4, 0.5) is 30.2 Å². The topological polar surface area (TPSA) is 93.3 Å². The van der Waals surface area contributed by atoms with Crippen molar-refractivity contribution in [2.75, 3.05) is 15.4 Å². The van der Waals surface area contributed by atoms with E-state index in [-0.39, 0.29) is 21.6 Å². The number of carbonyl (C=O) groups is 2. The third kappa shape index (κ3) is 5.32. The first-order valence-electron chi connectivity index (χ1n) is 9.99. The number of anilines is 3. The maximum Gasteiger partial charge on any atom is 0.418 e. The van der Waals surface area contributed by atoms with Gasteiger partial charge in [0.05, 0.1) is 27.9 Å². The van der Waals surface area contributed by atoms with Crippen molar-refractivity contribution in [1.29, 1.82) is 0 Å². The number of hydrogen-bond acceptors (Lipinski definition) is 5. The van der Waals surface area contributed by atoms with Crippen molar-refractivity contribution in [3.63, 3.8) is 0 Å². The highest BCUT2D eigenvalue weighted by Gasteiger charge is 2.36. The molecule has 0 fully saturated rings. The minimum atomic E-state index is -4.80. The standard InChI is InChI=1S/C23H18F3N3O3S2/c1-13-21(30)28-19-11-14(7-10-20(19)33-13)22(31)27-18-9-8-16(12-17(18)23(24,25)26)34(32)29-15-5-3-2-4-6-15/h2-13,29H,1H3,(H,27,31)(H,28,30). The normalized spacial score (nSPS) is 16.3. The molecule has 4 rings (SSSR count). The number of amides is 2. The van der Waals surface area contributed by atoms with Crippen LogP contribution in [0.3, 0.4) is 0 Å². The van der Waals surface area contributed by atoms with Crippen LogP contribution in [0.5, 0.6) is 0 Å². The molecule has 34 heavy (non-hydrogen) atoms. The van der Waals surface area contributed by atoms with E-state index >= 15 is 0 Å². The van der Waals surface area contributed by atoms with Gasteiger partial charge >= 0.3 is 6.18 Å². The molecule has 0 spiro atoms. The maximum atomic E-state index is 13.8. The number of rotatable bonds is 5. The van der Waals surface area contributed by atoms with Gasteiger partial charge in [-0.15, -0.1) is 11.8 Å². The molecule has 2 atom stereocenters. The van der Waals surface area contributed by atoms with E-state index in [1.54, 1.807) is 43.3 Å². The molecule has 0 bridgehead atoms. The van der Waals surface area contributed by atoms with Gasteiger partial charge in [-0.05, 0) is 49.4 Å². The Morgan fingerprint density at radius 1 is 1.09 bits per heavy atom. The van der Waals surface area contributed by atoms with Crippen molar-refractivity contribution >= 4 is 52.0 Å². The third-order valence-electron chi connectivity index (χ3n) is 4.92. The number of alkyl halides is 3. The van der Waals surface area contributed by atoms with Crippen molar-refractivity contribution in [3.8, 4) is 0 Å². The molecule has 0 saturated heterocycles. The van der Waals surface area contributed by atoms with E-state index < -0.39 is 34.7 Å². The summed E-state index contributed by atoms with van der Waals surface area (Å²) < 4.78 is 56.4. The lowest BCUT2D eigenvalue weighted by Gasteiger charge is -2.22. The molecule has 2 unspecified atom stereocenters. The summed E-state index contributed by atoms with van der Waals surface area (Å²) in [5.74, 6) is -0.996. The second kappa shape index (κ2) is 9.61. The van der Waals surface area contributed by atoms with Crippen molar-refractivity contribution in [3.05, 3.63) is 77.9 Å². The average molecular weight is 506 g/mol. The smallest absolute Gasteiger partial charge is 0.418 e. The van der Waals surface area contributed by atoms with Gasteiger partial charge in [-0.25, -0.2) is 4.72 Å². The lowest BCUT2D eigenvalue weighted by Crippen LogP contribution is -2.26. The molecule has 0 saturated carbocycles.